The van der Waals surface area contributed by atoms with Crippen LogP contribution in [-0.2, 0) is 6.54 Å². The standard InChI is InChI=1S/C16H25FN2/c1-12(10-18-16-8-9-16)13(2)19(3)11-14-4-6-15(17)7-5-14/h4-7,12-13,16,18H,8-11H2,1-3H3. The van der Waals surface area contributed by atoms with E-state index in [1.165, 1.54) is 25.0 Å². The van der Waals surface area contributed by atoms with E-state index in [1.54, 1.807) is 0 Å². The number of nitrogens with one attached hydrogen (secondary N) is 1. The zero-order valence-corrected chi connectivity index (χ0v) is 12.2. The van der Waals surface area contributed by atoms with Gasteiger partial charge in [0.1, 0.15) is 5.82 Å². The van der Waals surface area contributed by atoms with Crippen molar-refractivity contribution in [3.05, 3.63) is 35.6 Å². The molecule has 2 rings (SSSR count). The molecule has 1 aromatic carbocycles. The number of nitrogens with zero attached hydrogens (tertiary/aromatic N) is 1. The maximum Gasteiger partial charge on any atom is 0.123 e. The number of hydrogen-bond donors (Lipinski definition) is 1. The van der Waals surface area contributed by atoms with Crippen LogP contribution in [0.4, 0.5) is 4.39 Å². The van der Waals surface area contributed by atoms with E-state index >= 15 is 0 Å². The SMILES string of the molecule is CC(CNC1CC1)C(C)N(C)Cc1ccc(F)cc1. The predicted octanol–water partition coefficient (Wildman–Crippen LogP) is 3.03. The lowest BCUT2D eigenvalue weighted by Crippen LogP contribution is -2.39. The van der Waals surface area contributed by atoms with Crippen molar-refractivity contribution in [1.82, 2.24) is 10.2 Å². The summed E-state index contributed by atoms with van der Waals surface area (Å²) in [7, 11) is 2.14. The molecule has 2 nitrogen and oxygen atoms in total. The number of rotatable bonds is 7. The van der Waals surface area contributed by atoms with E-state index in [0.29, 0.717) is 12.0 Å². The van der Waals surface area contributed by atoms with E-state index in [2.05, 4.69) is 31.1 Å². The Kier molecular flexibility index (Phi) is 4.94. The zero-order chi connectivity index (χ0) is 13.8. The molecule has 0 spiro atoms. The topological polar surface area (TPSA) is 15.3 Å². The highest BCUT2D eigenvalue weighted by Crippen LogP contribution is 2.20. The molecule has 0 radical (unpaired) electrons. The summed E-state index contributed by atoms with van der Waals surface area (Å²) in [6, 6.07) is 8.09. The van der Waals surface area contributed by atoms with Crippen molar-refractivity contribution in [2.45, 2.75) is 45.3 Å². The van der Waals surface area contributed by atoms with E-state index in [9.17, 15) is 4.39 Å². The molecule has 106 valence electrons. The fourth-order valence-electron chi connectivity index (χ4n) is 2.27. The molecule has 1 saturated carbocycles. The summed E-state index contributed by atoms with van der Waals surface area (Å²) in [5, 5.41) is 3.59. The largest absolute Gasteiger partial charge is 0.314 e. The monoisotopic (exact) mass is 264 g/mol. The summed E-state index contributed by atoms with van der Waals surface area (Å²) in [5.41, 5.74) is 1.16. The highest BCUT2D eigenvalue weighted by atomic mass is 19.1. The van der Waals surface area contributed by atoms with Gasteiger partial charge in [-0.05, 0) is 57.0 Å². The molecular formula is C16H25FN2. The quantitative estimate of drug-likeness (QED) is 0.814. The second-order valence-corrected chi connectivity index (χ2v) is 5.94. The van der Waals surface area contributed by atoms with E-state index in [4.69, 9.17) is 0 Å². The van der Waals surface area contributed by atoms with E-state index in [0.717, 1.165) is 24.7 Å². The third-order valence-electron chi connectivity index (χ3n) is 4.17. The van der Waals surface area contributed by atoms with Gasteiger partial charge in [0.2, 0.25) is 0 Å². The van der Waals surface area contributed by atoms with Crippen LogP contribution >= 0.6 is 0 Å². The van der Waals surface area contributed by atoms with Gasteiger partial charge in [-0.1, -0.05) is 19.1 Å². The minimum Gasteiger partial charge on any atom is -0.314 e. The molecular weight excluding hydrogens is 239 g/mol. The first-order valence-corrected chi connectivity index (χ1v) is 7.24. The van der Waals surface area contributed by atoms with Gasteiger partial charge < -0.3 is 5.32 Å². The fourth-order valence-corrected chi connectivity index (χ4v) is 2.27. The molecule has 2 atom stereocenters. The Morgan fingerprint density at radius 1 is 1.26 bits per heavy atom. The first-order valence-electron chi connectivity index (χ1n) is 7.24. The maximum atomic E-state index is 12.9. The molecule has 1 N–H and O–H groups in total. The zero-order valence-electron chi connectivity index (χ0n) is 12.2. The van der Waals surface area contributed by atoms with Crippen molar-refractivity contribution in [2.75, 3.05) is 13.6 Å². The van der Waals surface area contributed by atoms with Gasteiger partial charge in [-0.2, -0.15) is 0 Å². The lowest BCUT2D eigenvalue weighted by molar-refractivity contribution is 0.188. The van der Waals surface area contributed by atoms with Crippen LogP contribution in [0, 0.1) is 11.7 Å². The summed E-state index contributed by atoms with van der Waals surface area (Å²) in [6.45, 7) is 6.51. The minimum atomic E-state index is -0.165. The fraction of sp³-hybridized carbons (Fsp3) is 0.625. The predicted molar refractivity (Wildman–Crippen MR) is 77.5 cm³/mol. The lowest BCUT2D eigenvalue weighted by Gasteiger charge is -2.30. The van der Waals surface area contributed by atoms with Gasteiger partial charge in [-0.25, -0.2) is 4.39 Å². The molecule has 0 aliphatic heterocycles. The van der Waals surface area contributed by atoms with Crippen molar-refractivity contribution in [3.63, 3.8) is 0 Å². The van der Waals surface area contributed by atoms with Crippen molar-refractivity contribution >= 4 is 0 Å². The van der Waals surface area contributed by atoms with Gasteiger partial charge >= 0.3 is 0 Å². The lowest BCUT2D eigenvalue weighted by atomic mass is 10.0. The summed E-state index contributed by atoms with van der Waals surface area (Å²) in [5.74, 6) is 0.451. The normalized spacial score (nSPS) is 18.6. The van der Waals surface area contributed by atoms with Crippen molar-refractivity contribution < 1.29 is 4.39 Å². The second kappa shape index (κ2) is 6.49. The molecule has 0 aromatic heterocycles. The van der Waals surface area contributed by atoms with Gasteiger partial charge in [0.25, 0.3) is 0 Å². The molecule has 1 aliphatic rings. The van der Waals surface area contributed by atoms with Crippen LogP contribution in [0.3, 0.4) is 0 Å². The van der Waals surface area contributed by atoms with Crippen LogP contribution in [0.1, 0.15) is 32.3 Å². The van der Waals surface area contributed by atoms with Crippen molar-refractivity contribution in [2.24, 2.45) is 5.92 Å². The third kappa shape index (κ3) is 4.59. The van der Waals surface area contributed by atoms with Crippen LogP contribution in [0.5, 0.6) is 0 Å². The van der Waals surface area contributed by atoms with Crippen molar-refractivity contribution in [1.29, 1.82) is 0 Å². The Hall–Kier alpha value is -0.930. The van der Waals surface area contributed by atoms with Crippen molar-refractivity contribution in [3.8, 4) is 0 Å². The maximum absolute atomic E-state index is 12.9. The Labute approximate surface area is 116 Å². The Morgan fingerprint density at radius 2 is 1.89 bits per heavy atom. The number of halogens is 1. The summed E-state index contributed by atoms with van der Waals surface area (Å²) in [6.07, 6.45) is 2.68. The van der Waals surface area contributed by atoms with E-state index < -0.39 is 0 Å². The van der Waals surface area contributed by atoms with Crippen LogP contribution in [0.15, 0.2) is 24.3 Å². The van der Waals surface area contributed by atoms with Gasteiger partial charge in [0.05, 0.1) is 0 Å². The second-order valence-electron chi connectivity index (χ2n) is 5.94. The Balaban J connectivity index is 1.79. The first-order chi connectivity index (χ1) is 9.06. The molecule has 2 unspecified atom stereocenters. The molecule has 3 heteroatoms. The molecule has 1 aromatic rings. The smallest absolute Gasteiger partial charge is 0.123 e. The van der Waals surface area contributed by atoms with Gasteiger partial charge in [-0.3, -0.25) is 4.90 Å². The Bertz CT molecular complexity index is 386. The third-order valence-corrected chi connectivity index (χ3v) is 4.17. The van der Waals surface area contributed by atoms with E-state index in [-0.39, 0.29) is 5.82 Å². The molecule has 0 bridgehead atoms. The van der Waals surface area contributed by atoms with Crippen LogP contribution in [0.25, 0.3) is 0 Å². The first kappa shape index (κ1) is 14.5. The summed E-state index contributed by atoms with van der Waals surface area (Å²) in [4.78, 5) is 2.34. The highest BCUT2D eigenvalue weighted by molar-refractivity contribution is 5.15. The average Bonchev–Trinajstić information content (AvgIpc) is 3.21. The van der Waals surface area contributed by atoms with Crippen LogP contribution in [-0.4, -0.2) is 30.6 Å². The summed E-state index contributed by atoms with van der Waals surface area (Å²) < 4.78 is 12.9. The molecule has 1 aliphatic carbocycles. The average molecular weight is 264 g/mol. The molecule has 0 heterocycles. The van der Waals surface area contributed by atoms with Crippen LogP contribution in [0.2, 0.25) is 0 Å². The van der Waals surface area contributed by atoms with Gasteiger partial charge in [0.15, 0.2) is 0 Å². The van der Waals surface area contributed by atoms with E-state index in [1.807, 2.05) is 12.1 Å². The minimum absolute atomic E-state index is 0.165. The molecule has 1 fully saturated rings. The van der Waals surface area contributed by atoms with Gasteiger partial charge in [-0.15, -0.1) is 0 Å². The summed E-state index contributed by atoms with van der Waals surface area (Å²) >= 11 is 0. The number of hydrogen-bond acceptors (Lipinski definition) is 2. The van der Waals surface area contributed by atoms with Crippen LogP contribution < -0.4 is 5.32 Å². The number of benzene rings is 1. The molecule has 0 amide bonds. The Morgan fingerprint density at radius 3 is 2.47 bits per heavy atom. The molecule has 19 heavy (non-hydrogen) atoms. The molecule has 0 saturated heterocycles. The van der Waals surface area contributed by atoms with Gasteiger partial charge in [0, 0.05) is 18.6 Å². The highest BCUT2D eigenvalue weighted by Gasteiger charge is 2.23.